The van der Waals surface area contributed by atoms with E-state index in [0.717, 1.165) is 26.4 Å². The average Bonchev–Trinajstić information content (AvgIpc) is 3.05. The van der Waals surface area contributed by atoms with Gasteiger partial charge in [0.15, 0.2) is 5.65 Å². The molecule has 0 atom stereocenters. The predicted octanol–water partition coefficient (Wildman–Crippen LogP) is 1.54. The quantitative estimate of drug-likeness (QED) is 0.552. The molecule has 3 aromatic heterocycles. The maximum Gasteiger partial charge on any atom is 0.205 e. The predicted molar refractivity (Wildman–Crippen MR) is 70.7 cm³/mol. The number of nitrogens with zero attached hydrogens (tertiary/aromatic N) is 5. The fourth-order valence-corrected chi connectivity index (χ4v) is 3.03. The SMILES string of the molecule is CNc1nnc(CSc2ncnc3nc[nH]c23)s1. The van der Waals surface area contributed by atoms with Crippen molar-refractivity contribution in [2.45, 2.75) is 10.8 Å². The van der Waals surface area contributed by atoms with Crippen LogP contribution in [0.3, 0.4) is 0 Å². The van der Waals surface area contributed by atoms with Crippen LogP contribution < -0.4 is 5.32 Å². The van der Waals surface area contributed by atoms with E-state index < -0.39 is 0 Å². The number of rotatable bonds is 4. The number of aromatic nitrogens is 6. The lowest BCUT2D eigenvalue weighted by Crippen LogP contribution is -1.87. The summed E-state index contributed by atoms with van der Waals surface area (Å²) in [6.07, 6.45) is 3.14. The topological polar surface area (TPSA) is 92.3 Å². The molecule has 18 heavy (non-hydrogen) atoms. The Morgan fingerprint density at radius 1 is 1.33 bits per heavy atom. The molecular formula is C9H9N7S2. The summed E-state index contributed by atoms with van der Waals surface area (Å²) in [5.41, 5.74) is 1.54. The molecule has 0 saturated carbocycles. The smallest absolute Gasteiger partial charge is 0.205 e. The highest BCUT2D eigenvalue weighted by Gasteiger charge is 2.08. The number of anilines is 1. The maximum absolute atomic E-state index is 4.24. The van der Waals surface area contributed by atoms with Crippen LogP contribution >= 0.6 is 23.1 Å². The normalized spacial score (nSPS) is 10.9. The van der Waals surface area contributed by atoms with E-state index in [1.807, 2.05) is 7.05 Å². The molecule has 9 heteroatoms. The van der Waals surface area contributed by atoms with Gasteiger partial charge >= 0.3 is 0 Å². The van der Waals surface area contributed by atoms with Crippen LogP contribution in [0.1, 0.15) is 5.01 Å². The fourth-order valence-electron chi connectivity index (χ4n) is 1.40. The molecule has 0 saturated heterocycles. The molecule has 0 spiro atoms. The fraction of sp³-hybridized carbons (Fsp3) is 0.222. The second kappa shape index (κ2) is 4.86. The van der Waals surface area contributed by atoms with Gasteiger partial charge in [-0.25, -0.2) is 15.0 Å². The molecule has 0 aliphatic carbocycles. The minimum atomic E-state index is 0.681. The summed E-state index contributed by atoms with van der Waals surface area (Å²) >= 11 is 3.13. The minimum absolute atomic E-state index is 0.681. The number of fused-ring (bicyclic) bond motifs is 1. The van der Waals surface area contributed by atoms with Crippen molar-refractivity contribution in [3.63, 3.8) is 0 Å². The van der Waals surface area contributed by atoms with Crippen molar-refractivity contribution in [3.05, 3.63) is 17.7 Å². The molecule has 92 valence electrons. The van der Waals surface area contributed by atoms with Crippen LogP contribution in [0.25, 0.3) is 11.2 Å². The Balaban J connectivity index is 1.78. The van der Waals surface area contributed by atoms with Gasteiger partial charge in [0.2, 0.25) is 5.13 Å². The largest absolute Gasteiger partial charge is 0.363 e. The highest BCUT2D eigenvalue weighted by molar-refractivity contribution is 7.98. The first kappa shape index (κ1) is 11.4. The van der Waals surface area contributed by atoms with Crippen LogP contribution in [0.15, 0.2) is 17.7 Å². The van der Waals surface area contributed by atoms with Crippen molar-refractivity contribution in [2.24, 2.45) is 0 Å². The van der Waals surface area contributed by atoms with Crippen LogP contribution in [0.5, 0.6) is 0 Å². The van der Waals surface area contributed by atoms with Crippen LogP contribution in [0.2, 0.25) is 0 Å². The van der Waals surface area contributed by atoms with E-state index >= 15 is 0 Å². The van der Waals surface area contributed by atoms with E-state index in [2.05, 4.69) is 35.5 Å². The van der Waals surface area contributed by atoms with Crippen molar-refractivity contribution in [1.82, 2.24) is 30.1 Å². The lowest BCUT2D eigenvalue weighted by atomic mass is 10.6. The first-order valence-electron chi connectivity index (χ1n) is 5.14. The van der Waals surface area contributed by atoms with Gasteiger partial charge in [-0.1, -0.05) is 23.1 Å². The molecule has 0 aliphatic rings. The lowest BCUT2D eigenvalue weighted by Gasteiger charge is -1.98. The van der Waals surface area contributed by atoms with Gasteiger partial charge in [-0.15, -0.1) is 10.2 Å². The molecule has 3 rings (SSSR count). The number of aromatic amines is 1. The van der Waals surface area contributed by atoms with E-state index in [9.17, 15) is 0 Å². The molecule has 0 amide bonds. The summed E-state index contributed by atoms with van der Waals surface area (Å²) in [5, 5.41) is 13.7. The molecule has 0 aliphatic heterocycles. The van der Waals surface area contributed by atoms with Crippen molar-refractivity contribution in [2.75, 3.05) is 12.4 Å². The van der Waals surface area contributed by atoms with Crippen molar-refractivity contribution in [1.29, 1.82) is 0 Å². The van der Waals surface area contributed by atoms with Gasteiger partial charge in [-0.05, 0) is 0 Å². The van der Waals surface area contributed by atoms with Crippen LogP contribution in [0.4, 0.5) is 5.13 Å². The van der Waals surface area contributed by atoms with Crippen molar-refractivity contribution >= 4 is 39.4 Å². The van der Waals surface area contributed by atoms with Crippen molar-refractivity contribution in [3.8, 4) is 0 Å². The number of hydrogen-bond donors (Lipinski definition) is 2. The van der Waals surface area contributed by atoms with Crippen LogP contribution in [-0.2, 0) is 5.75 Å². The summed E-state index contributed by atoms with van der Waals surface area (Å²) in [4.78, 5) is 15.4. The average molecular weight is 279 g/mol. The Morgan fingerprint density at radius 3 is 3.11 bits per heavy atom. The van der Waals surface area contributed by atoms with E-state index in [0.29, 0.717) is 5.65 Å². The number of nitrogens with one attached hydrogen (secondary N) is 2. The third kappa shape index (κ3) is 2.14. The van der Waals surface area contributed by atoms with Gasteiger partial charge < -0.3 is 10.3 Å². The maximum atomic E-state index is 4.24. The molecule has 3 heterocycles. The van der Waals surface area contributed by atoms with Crippen LogP contribution in [0, 0.1) is 0 Å². The van der Waals surface area contributed by atoms with Crippen molar-refractivity contribution < 1.29 is 0 Å². The molecule has 0 fully saturated rings. The van der Waals surface area contributed by atoms with E-state index in [4.69, 9.17) is 0 Å². The highest BCUT2D eigenvalue weighted by atomic mass is 32.2. The van der Waals surface area contributed by atoms with Gasteiger partial charge in [-0.3, -0.25) is 0 Å². The summed E-state index contributed by atoms with van der Waals surface area (Å²) in [6, 6.07) is 0. The van der Waals surface area contributed by atoms with E-state index in [-0.39, 0.29) is 0 Å². The minimum Gasteiger partial charge on any atom is -0.363 e. The zero-order valence-electron chi connectivity index (χ0n) is 9.41. The summed E-state index contributed by atoms with van der Waals surface area (Å²) < 4.78 is 0. The molecule has 0 bridgehead atoms. The van der Waals surface area contributed by atoms with Crippen LogP contribution in [-0.4, -0.2) is 37.2 Å². The van der Waals surface area contributed by atoms with Gasteiger partial charge in [0, 0.05) is 7.05 Å². The van der Waals surface area contributed by atoms with Gasteiger partial charge in [-0.2, -0.15) is 0 Å². The number of hydrogen-bond acceptors (Lipinski definition) is 8. The first-order chi connectivity index (χ1) is 8.86. The third-order valence-corrected chi connectivity index (χ3v) is 4.33. The number of thioether (sulfide) groups is 1. The number of H-pyrrole nitrogens is 1. The molecular weight excluding hydrogens is 270 g/mol. The Bertz CT molecular complexity index is 662. The van der Waals surface area contributed by atoms with Gasteiger partial charge in [0.05, 0.1) is 12.1 Å². The molecule has 7 nitrogen and oxygen atoms in total. The zero-order valence-corrected chi connectivity index (χ0v) is 11.0. The number of imidazole rings is 1. The standard InChI is InChI=1S/C9H9N7S2/c1-10-9-16-15-5(18-9)2-17-8-6-7(12-3-11-6)13-4-14-8/h3-4H,2H2,1H3,(H,10,16)(H,11,12,13,14). The highest BCUT2D eigenvalue weighted by Crippen LogP contribution is 2.27. The van der Waals surface area contributed by atoms with E-state index in [1.54, 1.807) is 18.1 Å². The molecule has 2 N–H and O–H groups in total. The van der Waals surface area contributed by atoms with E-state index in [1.165, 1.54) is 17.7 Å². The summed E-state index contributed by atoms with van der Waals surface area (Å²) in [6.45, 7) is 0. The Morgan fingerprint density at radius 2 is 2.28 bits per heavy atom. The Hall–Kier alpha value is -1.74. The molecule has 0 aromatic carbocycles. The first-order valence-corrected chi connectivity index (χ1v) is 6.94. The van der Waals surface area contributed by atoms with Gasteiger partial charge in [0.25, 0.3) is 0 Å². The second-order valence-corrected chi connectivity index (χ2v) is 5.35. The molecule has 0 radical (unpaired) electrons. The van der Waals surface area contributed by atoms with Gasteiger partial charge in [0.1, 0.15) is 21.9 Å². The molecule has 3 aromatic rings. The monoisotopic (exact) mass is 279 g/mol. The Kier molecular flexibility index (Phi) is 3.07. The lowest BCUT2D eigenvalue weighted by molar-refractivity contribution is 1.03. The summed E-state index contributed by atoms with van der Waals surface area (Å²) in [5.74, 6) is 0.727. The zero-order chi connectivity index (χ0) is 12.4. The molecule has 0 unspecified atom stereocenters. The third-order valence-electron chi connectivity index (χ3n) is 2.20. The second-order valence-electron chi connectivity index (χ2n) is 3.32. The Labute approximate surface area is 110 Å². The summed E-state index contributed by atoms with van der Waals surface area (Å²) in [7, 11) is 1.83.